The normalized spacial score (nSPS) is 41.0. The summed E-state index contributed by atoms with van der Waals surface area (Å²) in [6, 6.07) is 0.743. The Kier molecular flexibility index (Phi) is 4.79. The van der Waals surface area contributed by atoms with Crippen LogP contribution in [0.3, 0.4) is 0 Å². The maximum atomic E-state index is 12.6. The lowest BCUT2D eigenvalue weighted by atomic mass is 9.65. The van der Waals surface area contributed by atoms with E-state index in [1.165, 1.54) is 32.1 Å². The molecule has 3 atom stereocenters. The number of fused-ring (bicyclic) bond motifs is 2. The standard InChI is InChI=1S/C18H33N3O/c1-18(2)7-4-8-20-15(18)11-21-17(22)14-9-12-5-3-6-13(10-14)16(12)19/h12-16,20H,3-11,19H2,1-2H3,(H,21,22). The number of rotatable bonds is 3. The zero-order chi connectivity index (χ0) is 15.7. The summed E-state index contributed by atoms with van der Waals surface area (Å²) in [6.45, 7) is 6.45. The first kappa shape index (κ1) is 16.3. The Labute approximate surface area is 135 Å². The molecule has 2 saturated carbocycles. The molecule has 0 aromatic rings. The van der Waals surface area contributed by atoms with E-state index in [-0.39, 0.29) is 17.2 Å². The molecule has 4 N–H and O–H groups in total. The van der Waals surface area contributed by atoms with Crippen molar-refractivity contribution in [2.24, 2.45) is 28.9 Å². The molecule has 0 aromatic carbocycles. The van der Waals surface area contributed by atoms with Gasteiger partial charge in [-0.3, -0.25) is 4.79 Å². The Morgan fingerprint density at radius 3 is 2.55 bits per heavy atom. The number of nitrogens with two attached hydrogens (primary N) is 1. The number of hydrogen-bond acceptors (Lipinski definition) is 3. The fourth-order valence-corrected chi connectivity index (χ4v) is 4.97. The molecule has 3 aliphatic rings. The summed E-state index contributed by atoms with van der Waals surface area (Å²) < 4.78 is 0. The van der Waals surface area contributed by atoms with Crippen molar-refractivity contribution in [2.75, 3.05) is 13.1 Å². The minimum atomic E-state index is 0.196. The predicted octanol–water partition coefficient (Wildman–Crippen LogP) is 2.03. The molecule has 2 bridgehead atoms. The van der Waals surface area contributed by atoms with Crippen LogP contribution in [0.5, 0.6) is 0 Å². The second-order valence-corrected chi connectivity index (χ2v) is 8.54. The number of amides is 1. The Bertz CT molecular complexity index is 395. The highest BCUT2D eigenvalue weighted by Crippen LogP contribution is 2.42. The molecule has 3 unspecified atom stereocenters. The first-order chi connectivity index (χ1) is 10.5. The van der Waals surface area contributed by atoms with Crippen LogP contribution in [-0.4, -0.2) is 31.1 Å². The third kappa shape index (κ3) is 3.33. The van der Waals surface area contributed by atoms with Gasteiger partial charge < -0.3 is 16.4 Å². The van der Waals surface area contributed by atoms with E-state index in [0.29, 0.717) is 23.9 Å². The van der Waals surface area contributed by atoms with Crippen LogP contribution in [-0.2, 0) is 4.79 Å². The lowest BCUT2D eigenvalue weighted by Crippen LogP contribution is -2.54. The molecule has 1 amide bonds. The van der Waals surface area contributed by atoms with Gasteiger partial charge in [0.1, 0.15) is 0 Å². The zero-order valence-corrected chi connectivity index (χ0v) is 14.2. The minimum Gasteiger partial charge on any atom is -0.354 e. The summed E-state index contributed by atoms with van der Waals surface area (Å²) in [4.78, 5) is 12.6. The molecule has 4 heteroatoms. The van der Waals surface area contributed by atoms with Crippen LogP contribution >= 0.6 is 0 Å². The van der Waals surface area contributed by atoms with Crippen molar-refractivity contribution in [3.05, 3.63) is 0 Å². The second kappa shape index (κ2) is 6.48. The van der Waals surface area contributed by atoms with Gasteiger partial charge >= 0.3 is 0 Å². The zero-order valence-electron chi connectivity index (χ0n) is 14.2. The van der Waals surface area contributed by atoms with E-state index < -0.39 is 0 Å². The fourth-order valence-electron chi connectivity index (χ4n) is 4.97. The average Bonchev–Trinajstić information content (AvgIpc) is 2.45. The van der Waals surface area contributed by atoms with Crippen molar-refractivity contribution in [1.82, 2.24) is 10.6 Å². The third-order valence-corrected chi connectivity index (χ3v) is 6.60. The Morgan fingerprint density at radius 1 is 1.23 bits per heavy atom. The van der Waals surface area contributed by atoms with E-state index in [1.54, 1.807) is 0 Å². The maximum Gasteiger partial charge on any atom is 0.223 e. The highest BCUT2D eigenvalue weighted by molar-refractivity contribution is 5.78. The van der Waals surface area contributed by atoms with E-state index in [0.717, 1.165) is 25.9 Å². The van der Waals surface area contributed by atoms with Crippen LogP contribution in [0, 0.1) is 23.2 Å². The van der Waals surface area contributed by atoms with Crippen LogP contribution in [0.1, 0.15) is 58.8 Å². The molecule has 2 aliphatic carbocycles. The smallest absolute Gasteiger partial charge is 0.223 e. The van der Waals surface area contributed by atoms with Crippen molar-refractivity contribution < 1.29 is 4.79 Å². The van der Waals surface area contributed by atoms with Crippen LogP contribution in [0.15, 0.2) is 0 Å². The molecule has 126 valence electrons. The molecular weight excluding hydrogens is 274 g/mol. The van der Waals surface area contributed by atoms with Gasteiger partial charge in [0.05, 0.1) is 0 Å². The number of hydrogen-bond donors (Lipinski definition) is 3. The first-order valence-corrected chi connectivity index (χ1v) is 9.24. The van der Waals surface area contributed by atoms with Gasteiger partial charge in [-0.2, -0.15) is 0 Å². The highest BCUT2D eigenvalue weighted by atomic mass is 16.1. The molecule has 0 radical (unpaired) electrons. The fraction of sp³-hybridized carbons (Fsp3) is 0.944. The molecule has 4 nitrogen and oxygen atoms in total. The van der Waals surface area contributed by atoms with Crippen molar-refractivity contribution in [3.8, 4) is 0 Å². The van der Waals surface area contributed by atoms with E-state index in [2.05, 4.69) is 24.5 Å². The SMILES string of the molecule is CC1(C)CCCNC1CNC(=O)C1CC2CCCC(C1)C2N. The van der Waals surface area contributed by atoms with Crippen molar-refractivity contribution in [3.63, 3.8) is 0 Å². The molecule has 1 heterocycles. The summed E-state index contributed by atoms with van der Waals surface area (Å²) in [5, 5.41) is 6.82. The molecule has 22 heavy (non-hydrogen) atoms. The minimum absolute atomic E-state index is 0.196. The molecule has 1 aliphatic heterocycles. The van der Waals surface area contributed by atoms with Crippen LogP contribution in [0.25, 0.3) is 0 Å². The van der Waals surface area contributed by atoms with Gasteiger partial charge in [-0.15, -0.1) is 0 Å². The van der Waals surface area contributed by atoms with Gasteiger partial charge in [0.15, 0.2) is 0 Å². The molecular formula is C18H33N3O. The highest BCUT2D eigenvalue weighted by Gasteiger charge is 2.41. The molecule has 3 rings (SSSR count). The Balaban J connectivity index is 1.52. The van der Waals surface area contributed by atoms with Crippen LogP contribution < -0.4 is 16.4 Å². The van der Waals surface area contributed by atoms with Crippen molar-refractivity contribution in [1.29, 1.82) is 0 Å². The first-order valence-electron chi connectivity index (χ1n) is 9.24. The quantitative estimate of drug-likeness (QED) is 0.747. The van der Waals surface area contributed by atoms with Crippen LogP contribution in [0.2, 0.25) is 0 Å². The van der Waals surface area contributed by atoms with Gasteiger partial charge in [0.25, 0.3) is 0 Å². The lowest BCUT2D eigenvalue weighted by molar-refractivity contribution is -0.128. The topological polar surface area (TPSA) is 67.1 Å². The maximum absolute atomic E-state index is 12.6. The summed E-state index contributed by atoms with van der Waals surface area (Å²) in [5.74, 6) is 1.62. The van der Waals surface area contributed by atoms with E-state index >= 15 is 0 Å². The summed E-state index contributed by atoms with van der Waals surface area (Å²) >= 11 is 0. The van der Waals surface area contributed by atoms with E-state index in [4.69, 9.17) is 5.73 Å². The van der Waals surface area contributed by atoms with Crippen molar-refractivity contribution >= 4 is 5.91 Å². The monoisotopic (exact) mass is 307 g/mol. The van der Waals surface area contributed by atoms with Crippen LogP contribution in [0.4, 0.5) is 0 Å². The van der Waals surface area contributed by atoms with Gasteiger partial charge in [-0.1, -0.05) is 20.3 Å². The second-order valence-electron chi connectivity index (χ2n) is 8.54. The number of piperidine rings is 1. The third-order valence-electron chi connectivity index (χ3n) is 6.60. The number of nitrogens with one attached hydrogen (secondary N) is 2. The lowest BCUT2D eigenvalue weighted by Gasteiger charge is -2.44. The molecule has 0 spiro atoms. The van der Waals surface area contributed by atoms with E-state index in [1.807, 2.05) is 0 Å². The Morgan fingerprint density at radius 2 is 1.91 bits per heavy atom. The summed E-state index contributed by atoms with van der Waals surface area (Å²) in [5.41, 5.74) is 6.61. The summed E-state index contributed by atoms with van der Waals surface area (Å²) in [7, 11) is 0. The Hall–Kier alpha value is -0.610. The molecule has 3 fully saturated rings. The molecule has 1 saturated heterocycles. The summed E-state index contributed by atoms with van der Waals surface area (Å²) in [6.07, 6.45) is 8.23. The van der Waals surface area contributed by atoms with Gasteiger partial charge in [0.2, 0.25) is 5.91 Å². The molecule has 0 aromatic heterocycles. The van der Waals surface area contributed by atoms with Gasteiger partial charge in [-0.25, -0.2) is 0 Å². The van der Waals surface area contributed by atoms with Gasteiger partial charge in [-0.05, 0) is 62.3 Å². The number of carbonyl (C=O) groups excluding carboxylic acids is 1. The number of carbonyl (C=O) groups is 1. The predicted molar refractivity (Wildman–Crippen MR) is 89.3 cm³/mol. The van der Waals surface area contributed by atoms with E-state index in [9.17, 15) is 4.79 Å². The van der Waals surface area contributed by atoms with Crippen molar-refractivity contribution in [2.45, 2.75) is 70.9 Å². The largest absolute Gasteiger partial charge is 0.354 e. The average molecular weight is 307 g/mol. The van der Waals surface area contributed by atoms with Gasteiger partial charge in [0, 0.05) is 24.5 Å².